The van der Waals surface area contributed by atoms with E-state index in [0.717, 1.165) is 4.90 Å². The fraction of sp³-hybridized carbons (Fsp3) is 0.455. The van der Waals surface area contributed by atoms with Crippen LogP contribution in [0.1, 0.15) is 65.5 Å². The second-order valence-electron chi connectivity index (χ2n) is 13.2. The van der Waals surface area contributed by atoms with Gasteiger partial charge in [0, 0.05) is 5.92 Å². The van der Waals surface area contributed by atoms with Gasteiger partial charge in [0.15, 0.2) is 0 Å². The summed E-state index contributed by atoms with van der Waals surface area (Å²) < 4.78 is 16.5. The Kier molecular flexibility index (Phi) is 7.42. The van der Waals surface area contributed by atoms with E-state index in [1.165, 1.54) is 0 Å². The molecule has 11 nitrogen and oxygen atoms in total. The molecular formula is C33H36N2O9. The summed E-state index contributed by atoms with van der Waals surface area (Å²) in [6.45, 7) is 11.3. The van der Waals surface area contributed by atoms with Crippen molar-refractivity contribution in [1.82, 2.24) is 4.90 Å². The second kappa shape index (κ2) is 10.6. The standard InChI is InChI=1S/C33H36N2O9/c1-8-42-27(38)24-22-21(25(36)35(26(22)37)30(41)44-32(5,6)7)23(18-14-10-9-11-15-18)33(24)19-16-12-13-17-20(19)34(28(33)39)29(40)43-31(2,3)4/h9-17,21-24H,8H2,1-7H3/t21?,22-,23+,24+,33-/m1/s1. The number of imide groups is 4. The van der Waals surface area contributed by atoms with Gasteiger partial charge in [-0.25, -0.2) is 14.5 Å². The van der Waals surface area contributed by atoms with Gasteiger partial charge in [-0.3, -0.25) is 19.2 Å². The van der Waals surface area contributed by atoms with E-state index in [1.54, 1.807) is 103 Å². The molecule has 1 saturated heterocycles. The number of carbonyl (C=O) groups is 6. The van der Waals surface area contributed by atoms with Crippen LogP contribution in [0.5, 0.6) is 0 Å². The lowest BCUT2D eigenvalue weighted by Crippen LogP contribution is -2.54. The van der Waals surface area contributed by atoms with Crippen LogP contribution >= 0.6 is 0 Å². The van der Waals surface area contributed by atoms with E-state index in [9.17, 15) is 28.8 Å². The summed E-state index contributed by atoms with van der Waals surface area (Å²) in [5.74, 6) is -9.09. The minimum atomic E-state index is -1.93. The Hall–Kier alpha value is -4.54. The van der Waals surface area contributed by atoms with Crippen LogP contribution in [0.3, 0.4) is 0 Å². The summed E-state index contributed by atoms with van der Waals surface area (Å²) in [7, 11) is 0. The number of ether oxygens (including phenoxy) is 3. The van der Waals surface area contributed by atoms with Crippen molar-refractivity contribution in [2.75, 3.05) is 11.5 Å². The van der Waals surface area contributed by atoms with Gasteiger partial charge >= 0.3 is 18.2 Å². The second-order valence-corrected chi connectivity index (χ2v) is 13.2. The number of rotatable bonds is 3. The fourth-order valence-electron chi connectivity index (χ4n) is 6.87. The Morgan fingerprint density at radius 2 is 1.27 bits per heavy atom. The van der Waals surface area contributed by atoms with E-state index in [4.69, 9.17) is 14.2 Å². The number of carbonyl (C=O) groups excluding carboxylic acids is 6. The van der Waals surface area contributed by atoms with Crippen molar-refractivity contribution in [1.29, 1.82) is 0 Å². The molecule has 0 aromatic heterocycles. The molecule has 1 aliphatic carbocycles. The molecule has 2 aromatic rings. The SMILES string of the molecule is CCOC(=O)[C@@H]1[C@@H]2C(=O)N(C(=O)OC(C)(C)C)C(=O)C2[C@H](c2ccccc2)[C@@]12C(=O)N(C(=O)OC(C)(C)C)c1ccccc12. The first-order valence-electron chi connectivity index (χ1n) is 14.6. The molecule has 232 valence electrons. The molecule has 44 heavy (non-hydrogen) atoms. The number of likely N-dealkylation sites (tertiary alicyclic amines) is 1. The van der Waals surface area contributed by atoms with Gasteiger partial charge in [0.1, 0.15) is 11.2 Å². The predicted octanol–water partition coefficient (Wildman–Crippen LogP) is 4.72. The van der Waals surface area contributed by atoms with Gasteiger partial charge in [0.05, 0.1) is 35.5 Å². The quantitative estimate of drug-likeness (QED) is 0.277. The van der Waals surface area contributed by atoms with Crippen LogP contribution in [-0.2, 0) is 38.8 Å². The number of fused-ring (bicyclic) bond motifs is 3. The lowest BCUT2D eigenvalue weighted by atomic mass is 9.64. The number of para-hydroxylation sites is 1. The summed E-state index contributed by atoms with van der Waals surface area (Å²) >= 11 is 0. The number of benzene rings is 2. The van der Waals surface area contributed by atoms with E-state index in [0.29, 0.717) is 10.5 Å². The molecule has 3 aliphatic rings. The number of anilines is 1. The van der Waals surface area contributed by atoms with Crippen molar-refractivity contribution in [3.63, 3.8) is 0 Å². The summed E-state index contributed by atoms with van der Waals surface area (Å²) in [4.78, 5) is 85.6. The topological polar surface area (TPSA) is 137 Å². The van der Waals surface area contributed by atoms with Crippen LogP contribution in [0.25, 0.3) is 0 Å². The average molecular weight is 605 g/mol. The number of esters is 1. The van der Waals surface area contributed by atoms with Gasteiger partial charge in [0.2, 0.25) is 17.7 Å². The molecule has 5 rings (SSSR count). The summed E-state index contributed by atoms with van der Waals surface area (Å²) in [6, 6.07) is 15.0. The van der Waals surface area contributed by atoms with Crippen molar-refractivity contribution < 1.29 is 43.0 Å². The highest BCUT2D eigenvalue weighted by atomic mass is 16.6. The highest BCUT2D eigenvalue weighted by Gasteiger charge is 2.78. The Balaban J connectivity index is 1.79. The molecule has 0 bridgehead atoms. The Bertz CT molecular complexity index is 1550. The monoisotopic (exact) mass is 604 g/mol. The Morgan fingerprint density at radius 1 is 0.750 bits per heavy atom. The van der Waals surface area contributed by atoms with Crippen LogP contribution < -0.4 is 4.90 Å². The predicted molar refractivity (Wildman–Crippen MR) is 156 cm³/mol. The highest BCUT2D eigenvalue weighted by molar-refractivity contribution is 6.25. The van der Waals surface area contributed by atoms with Crippen molar-refractivity contribution in [3.05, 3.63) is 65.7 Å². The molecule has 5 atom stereocenters. The zero-order valence-corrected chi connectivity index (χ0v) is 25.8. The molecular weight excluding hydrogens is 568 g/mol. The maximum Gasteiger partial charge on any atom is 0.424 e. The molecule has 2 fully saturated rings. The zero-order chi connectivity index (χ0) is 32.4. The van der Waals surface area contributed by atoms with Crippen LogP contribution in [0.15, 0.2) is 54.6 Å². The van der Waals surface area contributed by atoms with Crippen molar-refractivity contribution in [2.24, 2.45) is 17.8 Å². The smallest absolute Gasteiger partial charge is 0.424 e. The normalized spacial score (nSPS) is 26.1. The first kappa shape index (κ1) is 30.9. The van der Waals surface area contributed by atoms with Gasteiger partial charge in [-0.05, 0) is 65.7 Å². The third-order valence-corrected chi connectivity index (χ3v) is 8.10. The van der Waals surface area contributed by atoms with Gasteiger partial charge < -0.3 is 14.2 Å². The van der Waals surface area contributed by atoms with Crippen LogP contribution in [0.2, 0.25) is 0 Å². The Morgan fingerprint density at radius 3 is 1.84 bits per heavy atom. The molecule has 2 aromatic carbocycles. The van der Waals surface area contributed by atoms with Crippen LogP contribution in [0.4, 0.5) is 15.3 Å². The third-order valence-electron chi connectivity index (χ3n) is 8.10. The molecule has 0 N–H and O–H groups in total. The summed E-state index contributed by atoms with van der Waals surface area (Å²) in [5, 5.41) is 0. The maximum absolute atomic E-state index is 15.0. The van der Waals surface area contributed by atoms with E-state index in [2.05, 4.69) is 0 Å². The highest BCUT2D eigenvalue weighted by Crippen LogP contribution is 2.67. The molecule has 2 heterocycles. The van der Waals surface area contributed by atoms with E-state index < -0.39 is 76.2 Å². The minimum Gasteiger partial charge on any atom is -0.466 e. The maximum atomic E-state index is 15.0. The van der Waals surface area contributed by atoms with Crippen LogP contribution in [-0.4, -0.2) is 58.6 Å². The summed E-state index contributed by atoms with van der Waals surface area (Å²) in [6.07, 6.45) is -2.13. The number of hydrogen-bond acceptors (Lipinski definition) is 9. The minimum absolute atomic E-state index is 0.0810. The lowest BCUT2D eigenvalue weighted by Gasteiger charge is -2.37. The van der Waals surface area contributed by atoms with Gasteiger partial charge in [-0.1, -0.05) is 48.5 Å². The lowest BCUT2D eigenvalue weighted by molar-refractivity contribution is -0.157. The van der Waals surface area contributed by atoms with Crippen LogP contribution in [0, 0.1) is 17.8 Å². The number of hydrogen-bond donors (Lipinski definition) is 0. The zero-order valence-electron chi connectivity index (χ0n) is 25.8. The average Bonchev–Trinajstić information content (AvgIpc) is 3.47. The van der Waals surface area contributed by atoms with E-state index in [-0.39, 0.29) is 17.9 Å². The van der Waals surface area contributed by atoms with Crippen molar-refractivity contribution >= 4 is 41.6 Å². The first-order chi connectivity index (χ1) is 20.6. The molecule has 0 radical (unpaired) electrons. The van der Waals surface area contributed by atoms with Crippen molar-refractivity contribution in [2.45, 2.75) is 71.0 Å². The Labute approximate surface area is 255 Å². The van der Waals surface area contributed by atoms with Gasteiger partial charge in [0.25, 0.3) is 0 Å². The largest absolute Gasteiger partial charge is 0.466 e. The third kappa shape index (κ3) is 4.65. The van der Waals surface area contributed by atoms with E-state index >= 15 is 0 Å². The molecule has 11 heteroatoms. The van der Waals surface area contributed by atoms with Gasteiger partial charge in [-0.2, -0.15) is 4.90 Å². The van der Waals surface area contributed by atoms with E-state index in [1.807, 2.05) is 0 Å². The molecule has 1 saturated carbocycles. The summed E-state index contributed by atoms with van der Waals surface area (Å²) in [5.41, 5.74) is -3.00. The van der Waals surface area contributed by atoms with Gasteiger partial charge in [-0.15, -0.1) is 0 Å². The van der Waals surface area contributed by atoms with Crippen molar-refractivity contribution in [3.8, 4) is 0 Å². The molecule has 2 aliphatic heterocycles. The molecule has 1 spiro atoms. The molecule has 5 amide bonds. The molecule has 1 unspecified atom stereocenters. The number of amides is 5. The number of nitrogens with zero attached hydrogens (tertiary/aromatic N) is 2. The first-order valence-corrected chi connectivity index (χ1v) is 14.6. The fourth-order valence-corrected chi connectivity index (χ4v) is 6.87.